The first-order valence-electron chi connectivity index (χ1n) is 23.7. The number of thiophene rings is 1. The van der Waals surface area contributed by atoms with Gasteiger partial charge in [0, 0.05) is 36.6 Å². The van der Waals surface area contributed by atoms with Crippen LogP contribution in [-0.2, 0) is 0 Å². The number of rotatable bonds is 6. The van der Waals surface area contributed by atoms with Gasteiger partial charge in [0.2, 0.25) is 0 Å². The first-order valence-corrected chi connectivity index (χ1v) is 24.5. The summed E-state index contributed by atoms with van der Waals surface area (Å²) >= 11 is 1.91. The molecule has 0 spiro atoms. The zero-order valence-electron chi connectivity index (χ0n) is 39.5. The van der Waals surface area contributed by atoms with E-state index in [4.69, 9.17) is 0 Å². The Morgan fingerprint density at radius 3 is 1.73 bits per heavy atom. The van der Waals surface area contributed by atoms with Crippen LogP contribution in [0.25, 0.3) is 114 Å². The monoisotopic (exact) mass is 881 g/mol. The Bertz CT molecular complexity index is 3750. The quantitative estimate of drug-likeness (QED) is 0.147. The molecule has 1 nitrogen and oxygen atoms in total. The predicted molar refractivity (Wildman–Crippen MR) is 296 cm³/mol. The summed E-state index contributed by atoms with van der Waals surface area (Å²) in [5.74, 6) is 0. The number of fused-ring (bicyclic) bond motifs is 10. The first kappa shape index (κ1) is 43.4. The maximum absolute atomic E-state index is 2.44. The smallest absolute Gasteiger partial charge is 0.0541 e. The zero-order chi connectivity index (χ0) is 46.2. The molecule has 11 aromatic rings. The molecule has 0 N–H and O–H groups in total. The van der Waals surface area contributed by atoms with Crippen LogP contribution in [0.3, 0.4) is 0 Å². The Morgan fingerprint density at radius 2 is 0.985 bits per heavy atom. The van der Waals surface area contributed by atoms with E-state index in [0.29, 0.717) is 0 Å². The third kappa shape index (κ3) is 7.72. The van der Waals surface area contributed by atoms with Crippen molar-refractivity contribution in [3.63, 3.8) is 0 Å². The van der Waals surface area contributed by atoms with E-state index < -0.39 is 0 Å². The van der Waals surface area contributed by atoms with Crippen LogP contribution in [0.4, 0.5) is 0 Å². The molecule has 2 heteroatoms. The summed E-state index contributed by atoms with van der Waals surface area (Å²) in [6.07, 6.45) is 6.38. The molecule has 1 aliphatic rings. The maximum atomic E-state index is 2.44. The predicted octanol–water partition coefficient (Wildman–Crippen LogP) is 19.8. The number of allylic oxidation sites excluding steroid dienone is 6. The van der Waals surface area contributed by atoms with Crippen molar-refractivity contribution in [3.05, 3.63) is 223 Å². The molecule has 67 heavy (non-hydrogen) atoms. The lowest BCUT2D eigenvalue weighted by atomic mass is 9.96. The Labute approximate surface area is 399 Å². The van der Waals surface area contributed by atoms with E-state index in [1.165, 1.54) is 125 Å². The molecule has 2 heterocycles. The van der Waals surface area contributed by atoms with Crippen LogP contribution in [0.5, 0.6) is 0 Å². The van der Waals surface area contributed by atoms with Crippen molar-refractivity contribution in [3.8, 4) is 61.3 Å². The van der Waals surface area contributed by atoms with Crippen molar-refractivity contribution < 1.29 is 0 Å². The van der Waals surface area contributed by atoms with Crippen LogP contribution in [0, 0.1) is 0 Å². The molecular weight excluding hydrogens is 827 g/mol. The summed E-state index contributed by atoms with van der Waals surface area (Å²) in [6.45, 7) is 14.5. The van der Waals surface area contributed by atoms with E-state index in [1.54, 1.807) is 0 Å². The highest BCUT2D eigenvalue weighted by molar-refractivity contribution is 7.26. The van der Waals surface area contributed by atoms with Gasteiger partial charge in [-0.25, -0.2) is 0 Å². The third-order valence-corrected chi connectivity index (χ3v) is 14.4. The molecule has 0 saturated heterocycles. The molecule has 0 fully saturated rings. The third-order valence-electron chi connectivity index (χ3n) is 13.2. The summed E-state index contributed by atoms with van der Waals surface area (Å²) in [5, 5.41) is 7.97. The Hall–Kier alpha value is -7.52. The second-order valence-electron chi connectivity index (χ2n) is 17.4. The van der Waals surface area contributed by atoms with Gasteiger partial charge in [-0.05, 0) is 167 Å². The van der Waals surface area contributed by atoms with Crippen LogP contribution < -0.4 is 0 Å². The van der Waals surface area contributed by atoms with Crippen LogP contribution in [0.2, 0.25) is 0 Å². The summed E-state index contributed by atoms with van der Waals surface area (Å²) in [4.78, 5) is 0. The van der Waals surface area contributed by atoms with E-state index >= 15 is 0 Å². The highest BCUT2D eigenvalue weighted by Crippen LogP contribution is 2.52. The summed E-state index contributed by atoms with van der Waals surface area (Å²) in [5.41, 5.74) is 20.4. The largest absolute Gasteiger partial charge is 0.309 e. The van der Waals surface area contributed by atoms with Gasteiger partial charge in [0.05, 0.1) is 11.0 Å². The average Bonchev–Trinajstić information content (AvgIpc) is 4.04. The lowest BCUT2D eigenvalue weighted by Crippen LogP contribution is -1.94. The SMILES string of the molecule is C/C=C\C(=C(C)C)/C(C)=C/C.CC.c1ccc(-c2cccc(-c3cccc(-n4c5ccccc5c5cc(-c6ccc7sc8cc9c%10c(cccc%10c8c7c6)-c6ccccc6-9)ccc54)c3)c2)cc1. The molecule has 0 bridgehead atoms. The standard InChI is InChI=1S/C52H31NS.C11H18.C2H6/c1-2-11-32(12-3-1)33-13-8-14-34(27-33)35-15-9-16-38(28-35)53-47-22-7-6-19-41(47)44-29-36(23-25-48(44)53)37-24-26-49-46(30-37)52-43-21-10-20-42-39-17-4-5-18-40(39)45(51(42)43)31-50(52)54-49;1-6-8-11(9(3)4)10(5)7-2;1-2/h1-31H;6-8H,1-5H3;1-2H3/b;8-6-,10-7+;. The first-order chi connectivity index (χ1) is 32.9. The minimum absolute atomic E-state index is 1.16. The van der Waals surface area contributed by atoms with E-state index in [9.17, 15) is 0 Å². The van der Waals surface area contributed by atoms with Crippen molar-refractivity contribution in [1.29, 1.82) is 0 Å². The molecule has 0 aliphatic heterocycles. The number of hydrogen-bond acceptors (Lipinski definition) is 1. The molecule has 12 rings (SSSR count). The fraction of sp³-hybridized carbons (Fsp3) is 0.108. The van der Waals surface area contributed by atoms with Gasteiger partial charge in [0.1, 0.15) is 0 Å². The van der Waals surface area contributed by atoms with Crippen LogP contribution in [0.1, 0.15) is 48.5 Å². The number of nitrogens with zero attached hydrogens (tertiary/aromatic N) is 1. The molecule has 2 aromatic heterocycles. The zero-order valence-corrected chi connectivity index (χ0v) is 40.3. The normalized spacial score (nSPS) is 11.8. The molecule has 9 aromatic carbocycles. The van der Waals surface area contributed by atoms with Crippen LogP contribution in [-0.4, -0.2) is 4.57 Å². The van der Waals surface area contributed by atoms with Crippen molar-refractivity contribution in [1.82, 2.24) is 4.57 Å². The lowest BCUT2D eigenvalue weighted by molar-refractivity contribution is 1.18. The van der Waals surface area contributed by atoms with Gasteiger partial charge in [-0.3, -0.25) is 0 Å². The van der Waals surface area contributed by atoms with Crippen molar-refractivity contribution in [2.75, 3.05) is 0 Å². The topological polar surface area (TPSA) is 4.93 Å². The fourth-order valence-electron chi connectivity index (χ4n) is 10.1. The average molecular weight is 882 g/mol. The lowest BCUT2D eigenvalue weighted by Gasteiger charge is -2.12. The number of hydrogen-bond donors (Lipinski definition) is 0. The van der Waals surface area contributed by atoms with Crippen LogP contribution >= 0.6 is 11.3 Å². The molecule has 0 saturated carbocycles. The summed E-state index contributed by atoms with van der Waals surface area (Å²) < 4.78 is 5.11. The Morgan fingerprint density at radius 1 is 0.418 bits per heavy atom. The van der Waals surface area contributed by atoms with Crippen LogP contribution in [0.15, 0.2) is 223 Å². The van der Waals surface area contributed by atoms with Gasteiger partial charge in [0.25, 0.3) is 0 Å². The fourth-order valence-corrected chi connectivity index (χ4v) is 11.2. The van der Waals surface area contributed by atoms with E-state index in [1.807, 2.05) is 32.1 Å². The van der Waals surface area contributed by atoms with E-state index in [2.05, 4.69) is 239 Å². The number of para-hydroxylation sites is 1. The Balaban J connectivity index is 0.000000359. The second-order valence-corrected chi connectivity index (χ2v) is 18.4. The molecule has 0 radical (unpaired) electrons. The molecule has 0 amide bonds. The summed E-state index contributed by atoms with van der Waals surface area (Å²) in [6, 6.07) is 69.5. The van der Waals surface area contributed by atoms with Gasteiger partial charge in [0.15, 0.2) is 0 Å². The van der Waals surface area contributed by atoms with Crippen molar-refractivity contribution in [2.45, 2.75) is 48.5 Å². The van der Waals surface area contributed by atoms with Crippen molar-refractivity contribution >= 4 is 64.1 Å². The van der Waals surface area contributed by atoms with Gasteiger partial charge < -0.3 is 4.57 Å². The van der Waals surface area contributed by atoms with E-state index in [-0.39, 0.29) is 0 Å². The molecule has 1 aliphatic carbocycles. The molecule has 0 atom stereocenters. The number of aromatic nitrogens is 1. The highest BCUT2D eigenvalue weighted by Gasteiger charge is 2.24. The minimum Gasteiger partial charge on any atom is -0.309 e. The maximum Gasteiger partial charge on any atom is 0.0541 e. The van der Waals surface area contributed by atoms with Gasteiger partial charge in [-0.2, -0.15) is 0 Å². The molecule has 326 valence electrons. The Kier molecular flexibility index (Phi) is 11.9. The summed E-state index contributed by atoms with van der Waals surface area (Å²) in [7, 11) is 0. The van der Waals surface area contributed by atoms with Crippen molar-refractivity contribution in [2.24, 2.45) is 0 Å². The molecular formula is C65H55NS. The highest BCUT2D eigenvalue weighted by atomic mass is 32.1. The minimum atomic E-state index is 1.16. The van der Waals surface area contributed by atoms with Gasteiger partial charge in [-0.1, -0.05) is 171 Å². The van der Waals surface area contributed by atoms with Gasteiger partial charge >= 0.3 is 0 Å². The van der Waals surface area contributed by atoms with Gasteiger partial charge in [-0.15, -0.1) is 11.3 Å². The second kappa shape index (κ2) is 18.4. The molecule has 0 unspecified atom stereocenters. The number of benzene rings is 9. The van der Waals surface area contributed by atoms with E-state index in [0.717, 1.165) is 5.69 Å².